The smallest absolute Gasteiger partial charge is 0.137 e. The van der Waals surface area contributed by atoms with Crippen LogP contribution < -0.4 is 0 Å². The first-order chi connectivity index (χ1) is 5.79. The summed E-state index contributed by atoms with van der Waals surface area (Å²) in [4.78, 5) is 4.10. The van der Waals surface area contributed by atoms with Gasteiger partial charge in [0.1, 0.15) is 12.3 Å². The van der Waals surface area contributed by atoms with Crippen LogP contribution in [0.2, 0.25) is 0 Å². The first-order valence-electron chi connectivity index (χ1n) is 3.51. The molecule has 2 rings (SSSR count). The van der Waals surface area contributed by atoms with E-state index in [1.54, 1.807) is 6.20 Å². The zero-order valence-electron chi connectivity index (χ0n) is 6.20. The lowest BCUT2D eigenvalue weighted by Gasteiger charge is -1.91. The van der Waals surface area contributed by atoms with Crippen molar-refractivity contribution in [2.75, 3.05) is 0 Å². The van der Waals surface area contributed by atoms with Crippen LogP contribution in [0.25, 0.3) is 5.65 Å². The molecule has 0 aromatic carbocycles. The van der Waals surface area contributed by atoms with Crippen LogP contribution in [0.15, 0.2) is 29.0 Å². The summed E-state index contributed by atoms with van der Waals surface area (Å²) in [6, 6.07) is 3.76. The molecule has 0 fully saturated rings. The van der Waals surface area contributed by atoms with Crippen molar-refractivity contribution in [3.8, 4) is 0 Å². The van der Waals surface area contributed by atoms with Gasteiger partial charge in [0.05, 0.1) is 5.69 Å². The van der Waals surface area contributed by atoms with Crippen molar-refractivity contribution in [3.05, 3.63) is 34.7 Å². The van der Waals surface area contributed by atoms with Crippen molar-refractivity contribution in [2.45, 2.75) is 6.61 Å². The summed E-state index contributed by atoms with van der Waals surface area (Å²) >= 11 is 3.34. The van der Waals surface area contributed by atoms with Crippen LogP contribution in [0.5, 0.6) is 0 Å². The number of rotatable bonds is 1. The maximum Gasteiger partial charge on any atom is 0.137 e. The van der Waals surface area contributed by atoms with Crippen molar-refractivity contribution >= 4 is 21.6 Å². The second-order valence-corrected chi connectivity index (χ2v) is 3.41. The van der Waals surface area contributed by atoms with Crippen molar-refractivity contribution < 1.29 is 5.11 Å². The fourth-order valence-corrected chi connectivity index (χ4v) is 1.44. The van der Waals surface area contributed by atoms with Crippen LogP contribution in [-0.4, -0.2) is 9.38 Å². The van der Waals surface area contributed by atoms with E-state index in [2.05, 4.69) is 20.9 Å². The van der Waals surface area contributed by atoms with Crippen LogP contribution >= 0.6 is 15.9 Å². The van der Waals surface area contributed by atoms with E-state index in [1.165, 1.54) is 0 Å². The number of aromatic nitrogens is 2. The Morgan fingerprint density at radius 3 is 3.00 bits per heavy atom. The van der Waals surface area contributed by atoms with E-state index in [4.69, 9.17) is 0 Å². The monoisotopic (exact) mass is 225 g/mol. The van der Waals surface area contributed by atoms with Crippen LogP contribution in [0.4, 0.5) is 0 Å². The summed E-state index contributed by atoms with van der Waals surface area (Å²) < 4.78 is 2.81. The lowest BCUT2D eigenvalue weighted by Crippen LogP contribution is -1.80. The molecule has 0 unspecified atom stereocenters. The van der Waals surface area contributed by atoms with Gasteiger partial charge in [-0.1, -0.05) is 0 Å². The summed E-state index contributed by atoms with van der Waals surface area (Å²) in [6.45, 7) is -0.265. The minimum atomic E-state index is -0.265. The zero-order chi connectivity index (χ0) is 8.55. The normalized spacial score (nSPS) is 10.8. The molecule has 61 valence electrons. The number of imidazole rings is 1. The minimum Gasteiger partial charge on any atom is -0.306 e. The Kier molecular flexibility index (Phi) is 1.86. The van der Waals surface area contributed by atoms with Gasteiger partial charge in [0.15, 0.2) is 0 Å². The quantitative estimate of drug-likeness (QED) is 0.732. The summed E-state index contributed by atoms with van der Waals surface area (Å²) in [5, 5.41) is 10.5. The van der Waals surface area contributed by atoms with Gasteiger partial charge in [-0.3, -0.25) is 0 Å². The van der Waals surface area contributed by atoms with E-state index in [0.29, 0.717) is 5.69 Å². The van der Waals surface area contributed by atoms with Crippen LogP contribution in [0, 0.1) is 0 Å². The molecule has 3 nitrogen and oxygen atoms in total. The maximum atomic E-state index is 10.5. The molecule has 1 radical (unpaired) electrons. The van der Waals surface area contributed by atoms with E-state index in [-0.39, 0.29) is 6.61 Å². The third-order valence-corrected chi connectivity index (χ3v) is 2.08. The van der Waals surface area contributed by atoms with Gasteiger partial charge in [-0.15, -0.1) is 0 Å². The van der Waals surface area contributed by atoms with Crippen molar-refractivity contribution in [1.82, 2.24) is 9.38 Å². The molecule has 0 aliphatic heterocycles. The summed E-state index contributed by atoms with van der Waals surface area (Å²) in [6.07, 6.45) is 3.62. The van der Waals surface area contributed by atoms with E-state index < -0.39 is 0 Å². The first-order valence-corrected chi connectivity index (χ1v) is 4.30. The SMILES string of the molecule is [O]Cc1cn2cc(Br)ccc2n1. The van der Waals surface area contributed by atoms with E-state index in [1.807, 2.05) is 22.7 Å². The van der Waals surface area contributed by atoms with Gasteiger partial charge in [-0.25, -0.2) is 10.1 Å². The molecule has 0 atom stereocenters. The molecule has 0 N–H and O–H groups in total. The summed E-state index contributed by atoms with van der Waals surface area (Å²) in [7, 11) is 0. The van der Waals surface area contributed by atoms with Crippen LogP contribution in [0.1, 0.15) is 5.69 Å². The number of hydrogen-bond donors (Lipinski definition) is 0. The Morgan fingerprint density at radius 2 is 2.25 bits per heavy atom. The predicted octanol–water partition coefficient (Wildman–Crippen LogP) is 2.03. The fourth-order valence-electron chi connectivity index (χ4n) is 1.09. The second kappa shape index (κ2) is 2.88. The maximum absolute atomic E-state index is 10.5. The molecule has 4 heteroatoms. The van der Waals surface area contributed by atoms with E-state index in [9.17, 15) is 5.11 Å². The Bertz CT molecular complexity index is 410. The topological polar surface area (TPSA) is 37.2 Å². The molecular formula is C8H6BrN2O. The Hall–Kier alpha value is -0.870. The Morgan fingerprint density at radius 1 is 1.42 bits per heavy atom. The molecule has 2 aromatic rings. The molecule has 0 spiro atoms. The van der Waals surface area contributed by atoms with E-state index in [0.717, 1.165) is 10.1 Å². The Balaban J connectivity index is 2.67. The molecule has 0 aliphatic carbocycles. The molecule has 0 saturated heterocycles. The number of hydrogen-bond acceptors (Lipinski definition) is 1. The molecule has 2 heterocycles. The number of nitrogens with zero attached hydrogens (tertiary/aromatic N) is 2. The molecule has 0 saturated carbocycles. The molecule has 2 aromatic heterocycles. The van der Waals surface area contributed by atoms with Gasteiger partial charge >= 0.3 is 0 Å². The van der Waals surface area contributed by atoms with Gasteiger partial charge in [0.25, 0.3) is 0 Å². The number of pyridine rings is 1. The zero-order valence-corrected chi connectivity index (χ0v) is 7.78. The lowest BCUT2D eigenvalue weighted by atomic mass is 10.5. The molecule has 12 heavy (non-hydrogen) atoms. The number of fused-ring (bicyclic) bond motifs is 1. The standard InChI is InChI=1S/C8H6BrN2O/c9-6-1-2-8-10-7(5-12)4-11(8)3-6/h1-4H,5H2. The van der Waals surface area contributed by atoms with Crippen LogP contribution in [-0.2, 0) is 11.7 Å². The van der Waals surface area contributed by atoms with Gasteiger partial charge in [-0.2, -0.15) is 0 Å². The number of halogens is 1. The molecule has 0 bridgehead atoms. The predicted molar refractivity (Wildman–Crippen MR) is 47.3 cm³/mol. The minimum absolute atomic E-state index is 0.265. The summed E-state index contributed by atoms with van der Waals surface area (Å²) in [5.41, 5.74) is 1.39. The highest BCUT2D eigenvalue weighted by atomic mass is 79.9. The van der Waals surface area contributed by atoms with Crippen molar-refractivity contribution in [2.24, 2.45) is 0 Å². The third kappa shape index (κ3) is 1.23. The molecule has 0 amide bonds. The first kappa shape index (κ1) is 7.76. The largest absolute Gasteiger partial charge is 0.306 e. The van der Waals surface area contributed by atoms with Gasteiger partial charge in [0.2, 0.25) is 0 Å². The Labute approximate surface area is 77.8 Å². The second-order valence-electron chi connectivity index (χ2n) is 2.49. The third-order valence-electron chi connectivity index (χ3n) is 1.61. The van der Waals surface area contributed by atoms with Gasteiger partial charge < -0.3 is 4.40 Å². The average molecular weight is 226 g/mol. The highest BCUT2D eigenvalue weighted by molar-refractivity contribution is 9.10. The van der Waals surface area contributed by atoms with E-state index >= 15 is 0 Å². The van der Waals surface area contributed by atoms with Crippen LogP contribution in [0.3, 0.4) is 0 Å². The molecular weight excluding hydrogens is 220 g/mol. The highest BCUT2D eigenvalue weighted by Gasteiger charge is 1.99. The average Bonchev–Trinajstić information content (AvgIpc) is 2.46. The fraction of sp³-hybridized carbons (Fsp3) is 0.125. The van der Waals surface area contributed by atoms with Gasteiger partial charge in [-0.05, 0) is 28.1 Å². The van der Waals surface area contributed by atoms with Crippen molar-refractivity contribution in [3.63, 3.8) is 0 Å². The summed E-state index contributed by atoms with van der Waals surface area (Å²) in [5.74, 6) is 0. The van der Waals surface area contributed by atoms with Crippen molar-refractivity contribution in [1.29, 1.82) is 0 Å². The highest BCUT2D eigenvalue weighted by Crippen LogP contribution is 2.12. The van der Waals surface area contributed by atoms with Gasteiger partial charge in [0, 0.05) is 16.9 Å². The molecule has 0 aliphatic rings. The lowest BCUT2D eigenvalue weighted by molar-refractivity contribution is 0.174.